The van der Waals surface area contributed by atoms with E-state index >= 15 is 0 Å². The van der Waals surface area contributed by atoms with Gasteiger partial charge in [-0.1, -0.05) is 60.1 Å². The summed E-state index contributed by atoms with van der Waals surface area (Å²) in [5.41, 5.74) is 2.27. The zero-order valence-corrected chi connectivity index (χ0v) is 17.3. The number of benzene rings is 3. The Morgan fingerprint density at radius 3 is 2.55 bits per heavy atom. The molecule has 0 aliphatic rings. The number of nitrogens with one attached hydrogen (secondary N) is 1. The number of amides is 1. The van der Waals surface area contributed by atoms with E-state index in [2.05, 4.69) is 22.4 Å². The summed E-state index contributed by atoms with van der Waals surface area (Å²) in [4.78, 5) is 17.4. The molecule has 0 atom stereocenters. The predicted molar refractivity (Wildman–Crippen MR) is 119 cm³/mol. The summed E-state index contributed by atoms with van der Waals surface area (Å²) in [5.74, 6) is 0.352. The quantitative estimate of drug-likeness (QED) is 0.420. The summed E-state index contributed by atoms with van der Waals surface area (Å²) >= 11 is 7.86. The van der Waals surface area contributed by atoms with Gasteiger partial charge in [0, 0.05) is 40.8 Å². The monoisotopic (exact) mass is 421 g/mol. The molecule has 1 aromatic heterocycles. The van der Waals surface area contributed by atoms with Crippen LogP contribution in [-0.2, 0) is 17.9 Å². The van der Waals surface area contributed by atoms with Crippen molar-refractivity contribution in [3.63, 3.8) is 0 Å². The van der Waals surface area contributed by atoms with Crippen LogP contribution in [0.5, 0.6) is 0 Å². The minimum atomic E-state index is 0.00143. The van der Waals surface area contributed by atoms with Crippen molar-refractivity contribution in [2.45, 2.75) is 18.0 Å². The molecule has 4 aromatic rings. The number of hydrogen-bond acceptors (Lipinski definition) is 3. The van der Waals surface area contributed by atoms with Gasteiger partial charge in [0.25, 0.3) is 0 Å². The Bertz CT molecular complexity index is 1110. The summed E-state index contributed by atoms with van der Waals surface area (Å²) in [6.45, 7) is 1.30. The average Bonchev–Trinajstić information content (AvgIpc) is 3.25. The lowest BCUT2D eigenvalue weighted by atomic mass is 10.1. The number of nitrogens with zero attached hydrogens (tertiary/aromatic N) is 2. The number of fused-ring (bicyclic) bond motifs is 1. The van der Waals surface area contributed by atoms with Gasteiger partial charge in [0.1, 0.15) is 0 Å². The minimum Gasteiger partial charge on any atom is -0.351 e. The van der Waals surface area contributed by atoms with Crippen molar-refractivity contribution >= 4 is 40.0 Å². The first-order chi connectivity index (χ1) is 14.2. The molecule has 29 heavy (non-hydrogen) atoms. The Hall–Kier alpha value is -2.76. The van der Waals surface area contributed by atoms with Crippen molar-refractivity contribution in [1.29, 1.82) is 0 Å². The second kappa shape index (κ2) is 9.16. The lowest BCUT2D eigenvalue weighted by Crippen LogP contribution is -2.24. The standard InChI is InChI=1S/C23H20ClN3OS/c24-20-5-1-3-19-4-2-6-21(23(19)20)29-15-22(28)26-13-17-7-9-18(10-8-17)14-27-12-11-25-16-27/h1-12,16H,13-15H2,(H,26,28). The molecular weight excluding hydrogens is 402 g/mol. The number of hydrogen-bond donors (Lipinski definition) is 1. The van der Waals surface area contributed by atoms with Crippen molar-refractivity contribution < 1.29 is 4.79 Å². The highest BCUT2D eigenvalue weighted by atomic mass is 35.5. The summed E-state index contributed by atoms with van der Waals surface area (Å²) in [6, 6.07) is 20.1. The second-order valence-electron chi connectivity index (χ2n) is 6.71. The topological polar surface area (TPSA) is 46.9 Å². The van der Waals surface area contributed by atoms with Gasteiger partial charge in [-0.2, -0.15) is 0 Å². The van der Waals surface area contributed by atoms with Gasteiger partial charge in [-0.3, -0.25) is 4.79 Å². The lowest BCUT2D eigenvalue weighted by molar-refractivity contribution is -0.118. The molecule has 1 amide bonds. The molecule has 146 valence electrons. The third kappa shape index (κ3) is 5.00. The number of thioether (sulfide) groups is 1. The fourth-order valence-electron chi connectivity index (χ4n) is 3.13. The summed E-state index contributed by atoms with van der Waals surface area (Å²) in [7, 11) is 0. The van der Waals surface area contributed by atoms with E-state index in [1.807, 2.05) is 59.3 Å². The number of halogens is 1. The van der Waals surface area contributed by atoms with Crippen LogP contribution in [0, 0.1) is 0 Å². The molecule has 0 aliphatic heterocycles. The van der Waals surface area contributed by atoms with Crippen LogP contribution >= 0.6 is 23.4 Å². The Morgan fingerprint density at radius 1 is 1.03 bits per heavy atom. The van der Waals surface area contributed by atoms with E-state index < -0.39 is 0 Å². The number of carbonyl (C=O) groups is 1. The number of rotatable bonds is 7. The molecule has 0 unspecified atom stereocenters. The molecule has 0 aliphatic carbocycles. The smallest absolute Gasteiger partial charge is 0.230 e. The highest BCUT2D eigenvalue weighted by molar-refractivity contribution is 8.00. The van der Waals surface area contributed by atoms with Gasteiger partial charge >= 0.3 is 0 Å². The second-order valence-corrected chi connectivity index (χ2v) is 8.14. The normalized spacial score (nSPS) is 10.9. The summed E-state index contributed by atoms with van der Waals surface area (Å²) < 4.78 is 2.02. The molecule has 0 bridgehead atoms. The Kier molecular flexibility index (Phi) is 6.17. The highest BCUT2D eigenvalue weighted by Gasteiger charge is 2.08. The first kappa shape index (κ1) is 19.6. The maximum Gasteiger partial charge on any atom is 0.230 e. The van der Waals surface area contributed by atoms with E-state index in [1.54, 1.807) is 12.5 Å². The Morgan fingerprint density at radius 2 is 1.79 bits per heavy atom. The maximum absolute atomic E-state index is 12.3. The first-order valence-electron chi connectivity index (χ1n) is 9.29. The van der Waals surface area contributed by atoms with Crippen LogP contribution in [0.15, 0.2) is 84.3 Å². The van der Waals surface area contributed by atoms with E-state index in [1.165, 1.54) is 17.3 Å². The Balaban J connectivity index is 1.30. The van der Waals surface area contributed by atoms with E-state index in [4.69, 9.17) is 11.6 Å². The van der Waals surface area contributed by atoms with E-state index in [9.17, 15) is 4.79 Å². The molecule has 0 saturated heterocycles. The van der Waals surface area contributed by atoms with Crippen molar-refractivity contribution in [3.8, 4) is 0 Å². The van der Waals surface area contributed by atoms with Crippen LogP contribution in [0.1, 0.15) is 11.1 Å². The molecule has 0 radical (unpaired) electrons. The van der Waals surface area contributed by atoms with E-state index in [-0.39, 0.29) is 5.91 Å². The largest absolute Gasteiger partial charge is 0.351 e. The molecular formula is C23H20ClN3OS. The molecule has 1 heterocycles. The van der Waals surface area contributed by atoms with Gasteiger partial charge in [0.05, 0.1) is 12.1 Å². The SMILES string of the molecule is O=C(CSc1cccc2cccc(Cl)c12)NCc1ccc(Cn2ccnc2)cc1. The lowest BCUT2D eigenvalue weighted by Gasteiger charge is -2.09. The van der Waals surface area contributed by atoms with E-state index in [0.29, 0.717) is 17.3 Å². The van der Waals surface area contributed by atoms with Gasteiger partial charge in [0.2, 0.25) is 5.91 Å². The van der Waals surface area contributed by atoms with Crippen LogP contribution in [0.4, 0.5) is 0 Å². The predicted octanol–water partition coefficient (Wildman–Crippen LogP) is 5.15. The van der Waals surface area contributed by atoms with Crippen LogP contribution in [0.2, 0.25) is 5.02 Å². The van der Waals surface area contributed by atoms with Crippen molar-refractivity contribution in [2.24, 2.45) is 0 Å². The van der Waals surface area contributed by atoms with Crippen molar-refractivity contribution in [2.75, 3.05) is 5.75 Å². The summed E-state index contributed by atoms with van der Waals surface area (Å²) in [6.07, 6.45) is 5.51. The van der Waals surface area contributed by atoms with Crippen molar-refractivity contribution in [1.82, 2.24) is 14.9 Å². The van der Waals surface area contributed by atoms with Crippen molar-refractivity contribution in [3.05, 3.63) is 95.5 Å². The van der Waals surface area contributed by atoms with E-state index in [0.717, 1.165) is 27.8 Å². The first-order valence-corrected chi connectivity index (χ1v) is 10.7. The summed E-state index contributed by atoms with van der Waals surface area (Å²) in [5, 5.41) is 5.78. The molecule has 0 spiro atoms. The fraction of sp³-hybridized carbons (Fsp3) is 0.130. The molecule has 0 fully saturated rings. The number of imidazole rings is 1. The van der Waals surface area contributed by atoms with Gasteiger partial charge in [-0.25, -0.2) is 4.98 Å². The van der Waals surface area contributed by atoms with Gasteiger partial charge in [0.15, 0.2) is 0 Å². The zero-order valence-electron chi connectivity index (χ0n) is 15.7. The zero-order chi connectivity index (χ0) is 20.1. The molecule has 6 heteroatoms. The number of aromatic nitrogens is 2. The van der Waals surface area contributed by atoms with Crippen LogP contribution < -0.4 is 5.32 Å². The third-order valence-electron chi connectivity index (χ3n) is 4.61. The molecule has 4 nitrogen and oxygen atoms in total. The highest BCUT2D eigenvalue weighted by Crippen LogP contribution is 2.33. The minimum absolute atomic E-state index is 0.00143. The third-order valence-corrected chi connectivity index (χ3v) is 5.98. The molecule has 4 rings (SSSR count). The maximum atomic E-state index is 12.3. The van der Waals surface area contributed by atoms with Gasteiger partial charge < -0.3 is 9.88 Å². The van der Waals surface area contributed by atoms with Gasteiger partial charge in [-0.15, -0.1) is 11.8 Å². The fourth-order valence-corrected chi connectivity index (χ4v) is 4.41. The van der Waals surface area contributed by atoms with Gasteiger partial charge in [-0.05, 0) is 28.6 Å². The number of carbonyl (C=O) groups excluding carboxylic acids is 1. The van der Waals surface area contributed by atoms with Crippen LogP contribution in [0.25, 0.3) is 10.8 Å². The molecule has 3 aromatic carbocycles. The van der Waals surface area contributed by atoms with Crippen LogP contribution in [0.3, 0.4) is 0 Å². The average molecular weight is 422 g/mol. The Labute approximate surface area is 178 Å². The van der Waals surface area contributed by atoms with Crippen LogP contribution in [-0.4, -0.2) is 21.2 Å². The molecule has 0 saturated carbocycles. The molecule has 1 N–H and O–H groups in total.